The van der Waals surface area contributed by atoms with Crippen LogP contribution in [0.1, 0.15) is 33.1 Å². The third-order valence-electron chi connectivity index (χ3n) is 4.27. The molecule has 1 N–H and O–H groups in total. The summed E-state index contributed by atoms with van der Waals surface area (Å²) in [6.45, 7) is 5.37. The Balaban J connectivity index is 1.90. The van der Waals surface area contributed by atoms with Crippen LogP contribution in [-0.4, -0.2) is 32.9 Å². The summed E-state index contributed by atoms with van der Waals surface area (Å²) in [5, 5.41) is 21.5. The first-order chi connectivity index (χ1) is 13.3. The number of aromatic nitrogens is 3. The Morgan fingerprint density at radius 2 is 2.07 bits per heavy atom. The van der Waals surface area contributed by atoms with E-state index in [4.69, 9.17) is 9.26 Å². The van der Waals surface area contributed by atoms with Crippen LogP contribution in [0.25, 0.3) is 0 Å². The number of carbonyl (C=O) groups is 1. The molecular formula is C18H19N5O5. The lowest BCUT2D eigenvalue weighted by Gasteiger charge is -2.10. The van der Waals surface area contributed by atoms with E-state index in [0.717, 1.165) is 5.56 Å². The van der Waals surface area contributed by atoms with E-state index in [-0.39, 0.29) is 18.1 Å². The molecule has 0 bridgehead atoms. The molecule has 10 nitrogen and oxygen atoms in total. The number of amides is 1. The molecule has 0 aliphatic heterocycles. The van der Waals surface area contributed by atoms with Crippen molar-refractivity contribution in [3.63, 3.8) is 0 Å². The minimum Gasteiger partial charge on any atom is -0.495 e. The number of ether oxygens (including phenoxy) is 1. The number of hydrogen-bond donors (Lipinski definition) is 1. The van der Waals surface area contributed by atoms with Gasteiger partial charge in [-0.25, -0.2) is 0 Å². The molecular weight excluding hydrogens is 366 g/mol. The van der Waals surface area contributed by atoms with Gasteiger partial charge in [0.15, 0.2) is 5.69 Å². The van der Waals surface area contributed by atoms with Gasteiger partial charge in [-0.1, -0.05) is 11.2 Å². The molecule has 0 spiro atoms. The standard InChI is InChI=1S/C18H19N5O5/c1-10-5-6-15(27-4)14(7-10)19-18(24)17-13(12(3)28-21-17)9-22-11(2)8-16(20-22)23(25)26/h5-8H,9H2,1-4H3,(H,19,24). The zero-order valence-corrected chi connectivity index (χ0v) is 15.8. The summed E-state index contributed by atoms with van der Waals surface area (Å²) in [4.78, 5) is 23.1. The number of nitro groups is 1. The Kier molecular flexibility index (Phi) is 5.12. The fourth-order valence-corrected chi connectivity index (χ4v) is 2.75. The van der Waals surface area contributed by atoms with Crippen LogP contribution >= 0.6 is 0 Å². The highest BCUT2D eigenvalue weighted by atomic mass is 16.6. The molecule has 146 valence electrons. The van der Waals surface area contributed by atoms with Gasteiger partial charge in [-0.15, -0.1) is 0 Å². The van der Waals surface area contributed by atoms with Gasteiger partial charge in [0.25, 0.3) is 5.91 Å². The molecule has 0 fully saturated rings. The molecule has 2 heterocycles. The Morgan fingerprint density at radius 1 is 1.32 bits per heavy atom. The summed E-state index contributed by atoms with van der Waals surface area (Å²) in [7, 11) is 1.51. The van der Waals surface area contributed by atoms with Gasteiger partial charge in [0.05, 0.1) is 41.8 Å². The number of methoxy groups -OCH3 is 1. The second-order valence-corrected chi connectivity index (χ2v) is 6.28. The number of carbonyl (C=O) groups excluding carboxylic acids is 1. The first-order valence-electron chi connectivity index (χ1n) is 8.40. The fourth-order valence-electron chi connectivity index (χ4n) is 2.75. The second-order valence-electron chi connectivity index (χ2n) is 6.28. The maximum Gasteiger partial charge on any atom is 0.390 e. The first kappa shape index (κ1) is 19.1. The molecule has 0 aliphatic carbocycles. The van der Waals surface area contributed by atoms with E-state index >= 15 is 0 Å². The lowest BCUT2D eigenvalue weighted by Crippen LogP contribution is -2.17. The highest BCUT2D eigenvalue weighted by Crippen LogP contribution is 2.26. The minimum atomic E-state index is -0.568. The molecule has 1 aromatic carbocycles. The van der Waals surface area contributed by atoms with Crippen molar-refractivity contribution in [2.45, 2.75) is 27.3 Å². The highest BCUT2D eigenvalue weighted by molar-refractivity contribution is 6.04. The van der Waals surface area contributed by atoms with E-state index in [1.165, 1.54) is 17.9 Å². The Labute approximate surface area is 160 Å². The van der Waals surface area contributed by atoms with Crippen LogP contribution in [0.3, 0.4) is 0 Å². The Hall–Kier alpha value is -3.69. The van der Waals surface area contributed by atoms with Crippen LogP contribution in [0.15, 0.2) is 28.8 Å². The van der Waals surface area contributed by atoms with Gasteiger partial charge in [-0.2, -0.15) is 4.68 Å². The van der Waals surface area contributed by atoms with Crippen molar-refractivity contribution in [3.8, 4) is 5.75 Å². The SMILES string of the molecule is COc1ccc(C)cc1NC(=O)c1noc(C)c1Cn1nc([N+](=O)[O-])cc1C. The molecule has 10 heteroatoms. The topological polar surface area (TPSA) is 125 Å². The van der Waals surface area contributed by atoms with Gasteiger partial charge < -0.3 is 24.7 Å². The van der Waals surface area contributed by atoms with Gasteiger partial charge in [0.1, 0.15) is 11.5 Å². The zero-order valence-electron chi connectivity index (χ0n) is 15.8. The van der Waals surface area contributed by atoms with Crippen LogP contribution in [0.2, 0.25) is 0 Å². The maximum atomic E-state index is 12.8. The monoisotopic (exact) mass is 385 g/mol. The van der Waals surface area contributed by atoms with E-state index in [2.05, 4.69) is 15.6 Å². The van der Waals surface area contributed by atoms with Crippen molar-refractivity contribution in [2.75, 3.05) is 12.4 Å². The van der Waals surface area contributed by atoms with Crippen LogP contribution < -0.4 is 10.1 Å². The number of hydrogen-bond acceptors (Lipinski definition) is 7. The van der Waals surface area contributed by atoms with E-state index in [9.17, 15) is 14.9 Å². The molecule has 0 saturated heterocycles. The summed E-state index contributed by atoms with van der Waals surface area (Å²) in [6, 6.07) is 6.77. The summed E-state index contributed by atoms with van der Waals surface area (Å²) < 4.78 is 11.9. The third kappa shape index (κ3) is 3.70. The van der Waals surface area contributed by atoms with Crippen molar-refractivity contribution in [2.24, 2.45) is 0 Å². The summed E-state index contributed by atoms with van der Waals surface area (Å²) in [5.74, 6) is 0.204. The number of nitrogens with zero attached hydrogens (tertiary/aromatic N) is 4. The van der Waals surface area contributed by atoms with E-state index in [0.29, 0.717) is 28.5 Å². The van der Waals surface area contributed by atoms with Crippen molar-refractivity contribution in [1.82, 2.24) is 14.9 Å². The summed E-state index contributed by atoms with van der Waals surface area (Å²) in [5.41, 5.74) is 2.61. The van der Waals surface area contributed by atoms with Crippen LogP contribution in [0, 0.1) is 30.9 Å². The molecule has 28 heavy (non-hydrogen) atoms. The summed E-state index contributed by atoms with van der Waals surface area (Å²) in [6.07, 6.45) is 0. The smallest absolute Gasteiger partial charge is 0.390 e. The molecule has 0 radical (unpaired) electrons. The quantitative estimate of drug-likeness (QED) is 0.510. The molecule has 3 rings (SSSR count). The van der Waals surface area contributed by atoms with Crippen molar-refractivity contribution in [1.29, 1.82) is 0 Å². The van der Waals surface area contributed by atoms with E-state index in [1.807, 2.05) is 13.0 Å². The van der Waals surface area contributed by atoms with Crippen molar-refractivity contribution in [3.05, 3.63) is 62.7 Å². The lowest BCUT2D eigenvalue weighted by molar-refractivity contribution is -0.389. The predicted octanol–water partition coefficient (Wildman–Crippen LogP) is 3.01. The molecule has 3 aromatic rings. The lowest BCUT2D eigenvalue weighted by atomic mass is 10.1. The third-order valence-corrected chi connectivity index (χ3v) is 4.27. The number of nitrogens with one attached hydrogen (secondary N) is 1. The number of aryl methyl sites for hydroxylation is 3. The maximum absolute atomic E-state index is 12.8. The van der Waals surface area contributed by atoms with E-state index < -0.39 is 10.8 Å². The Morgan fingerprint density at radius 3 is 2.71 bits per heavy atom. The average molecular weight is 385 g/mol. The van der Waals surface area contributed by atoms with Crippen molar-refractivity contribution >= 4 is 17.4 Å². The Bertz CT molecular complexity index is 1050. The molecule has 0 atom stereocenters. The number of rotatable bonds is 6. The normalized spacial score (nSPS) is 10.7. The molecule has 0 aliphatic rings. The number of benzene rings is 1. The van der Waals surface area contributed by atoms with Crippen LogP contribution in [-0.2, 0) is 6.54 Å². The van der Waals surface area contributed by atoms with Gasteiger partial charge >= 0.3 is 5.82 Å². The predicted molar refractivity (Wildman–Crippen MR) is 99.6 cm³/mol. The fraction of sp³-hybridized carbons (Fsp3) is 0.278. The van der Waals surface area contributed by atoms with Gasteiger partial charge in [-0.3, -0.25) is 4.79 Å². The van der Waals surface area contributed by atoms with Gasteiger partial charge in [0, 0.05) is 0 Å². The number of anilines is 1. The first-order valence-corrected chi connectivity index (χ1v) is 8.40. The average Bonchev–Trinajstić information content (AvgIpc) is 3.19. The van der Waals surface area contributed by atoms with E-state index in [1.54, 1.807) is 26.0 Å². The largest absolute Gasteiger partial charge is 0.495 e. The zero-order chi connectivity index (χ0) is 20.4. The molecule has 0 unspecified atom stereocenters. The summed E-state index contributed by atoms with van der Waals surface area (Å²) >= 11 is 0. The van der Waals surface area contributed by atoms with Crippen molar-refractivity contribution < 1.29 is 19.0 Å². The highest BCUT2D eigenvalue weighted by Gasteiger charge is 2.24. The van der Waals surface area contributed by atoms with Crippen LogP contribution in [0.4, 0.5) is 11.5 Å². The molecule has 0 saturated carbocycles. The van der Waals surface area contributed by atoms with Gasteiger partial charge in [0.2, 0.25) is 0 Å². The van der Waals surface area contributed by atoms with Gasteiger partial charge in [-0.05, 0) is 43.4 Å². The van der Waals surface area contributed by atoms with Crippen LogP contribution in [0.5, 0.6) is 5.75 Å². The molecule has 2 aromatic heterocycles. The minimum absolute atomic E-state index is 0.0820. The second kappa shape index (κ2) is 7.51. The molecule has 1 amide bonds.